The number of hydrogen-bond acceptors (Lipinski definition) is 3. The smallest absolute Gasteiger partial charge is 0.225 e. The van der Waals surface area contributed by atoms with Crippen molar-refractivity contribution in [1.82, 2.24) is 15.5 Å². The molecule has 0 bridgehead atoms. The largest absolute Gasteiger partial charge is 0.349 e. The van der Waals surface area contributed by atoms with Crippen molar-refractivity contribution in [3.05, 3.63) is 35.4 Å². The summed E-state index contributed by atoms with van der Waals surface area (Å²) in [6, 6.07) is 7.88. The maximum absolute atomic E-state index is 12.6. The van der Waals surface area contributed by atoms with Crippen LogP contribution in [0.15, 0.2) is 24.3 Å². The Labute approximate surface area is 132 Å². The quantitative estimate of drug-likeness (QED) is 0.883. The van der Waals surface area contributed by atoms with E-state index in [-0.39, 0.29) is 23.9 Å². The molecule has 0 aliphatic carbocycles. The summed E-state index contributed by atoms with van der Waals surface area (Å²) in [5.74, 6) is -0.0277. The van der Waals surface area contributed by atoms with Crippen LogP contribution in [0.2, 0.25) is 0 Å². The van der Waals surface area contributed by atoms with Crippen molar-refractivity contribution in [2.24, 2.45) is 0 Å². The fourth-order valence-electron chi connectivity index (χ4n) is 2.80. The number of carbonyl (C=O) groups is 2. The van der Waals surface area contributed by atoms with Crippen molar-refractivity contribution >= 4 is 11.8 Å². The number of benzene rings is 1. The molecule has 5 heteroatoms. The van der Waals surface area contributed by atoms with Crippen LogP contribution in [0.25, 0.3) is 0 Å². The van der Waals surface area contributed by atoms with Crippen LogP contribution in [0.1, 0.15) is 37.4 Å². The molecule has 1 unspecified atom stereocenters. The van der Waals surface area contributed by atoms with Gasteiger partial charge in [-0.1, -0.05) is 29.8 Å². The Morgan fingerprint density at radius 1 is 1.36 bits per heavy atom. The van der Waals surface area contributed by atoms with Crippen LogP contribution >= 0.6 is 0 Å². The number of rotatable bonds is 4. The van der Waals surface area contributed by atoms with E-state index in [2.05, 4.69) is 10.6 Å². The first-order valence-corrected chi connectivity index (χ1v) is 7.81. The molecule has 1 aromatic rings. The van der Waals surface area contributed by atoms with Crippen LogP contribution in [0, 0.1) is 6.92 Å². The third-order valence-electron chi connectivity index (χ3n) is 4.06. The minimum absolute atomic E-state index is 0.0910. The zero-order valence-corrected chi connectivity index (χ0v) is 13.6. The number of aryl methyl sites for hydroxylation is 1. The van der Waals surface area contributed by atoms with Gasteiger partial charge in [0, 0.05) is 32.6 Å². The molecule has 5 nitrogen and oxygen atoms in total. The summed E-state index contributed by atoms with van der Waals surface area (Å²) in [4.78, 5) is 26.0. The van der Waals surface area contributed by atoms with E-state index in [0.717, 1.165) is 30.8 Å². The van der Waals surface area contributed by atoms with E-state index in [0.29, 0.717) is 6.42 Å². The highest BCUT2D eigenvalue weighted by Gasteiger charge is 2.26. The lowest BCUT2D eigenvalue weighted by molar-refractivity contribution is -0.134. The highest BCUT2D eigenvalue weighted by molar-refractivity contribution is 5.79. The van der Waals surface area contributed by atoms with Crippen LogP contribution in [0.5, 0.6) is 0 Å². The molecular formula is C17H25N3O2. The molecule has 0 radical (unpaired) electrons. The van der Waals surface area contributed by atoms with Crippen LogP contribution in [-0.4, -0.2) is 42.4 Å². The Balaban J connectivity index is 2.10. The van der Waals surface area contributed by atoms with Crippen molar-refractivity contribution in [1.29, 1.82) is 0 Å². The lowest BCUT2D eigenvalue weighted by Gasteiger charge is -2.35. The number of piperazine rings is 1. The summed E-state index contributed by atoms with van der Waals surface area (Å²) in [6.45, 7) is 7.92. The topological polar surface area (TPSA) is 61.4 Å². The number of carbonyl (C=O) groups excluding carboxylic acids is 2. The third kappa shape index (κ3) is 4.31. The molecule has 0 spiro atoms. The molecule has 120 valence electrons. The second-order valence-corrected chi connectivity index (χ2v) is 6.01. The molecule has 2 N–H and O–H groups in total. The zero-order valence-electron chi connectivity index (χ0n) is 13.6. The van der Waals surface area contributed by atoms with Gasteiger partial charge in [-0.3, -0.25) is 9.59 Å². The van der Waals surface area contributed by atoms with E-state index < -0.39 is 0 Å². The summed E-state index contributed by atoms with van der Waals surface area (Å²) in [7, 11) is 0. The van der Waals surface area contributed by atoms with Gasteiger partial charge < -0.3 is 15.5 Å². The van der Waals surface area contributed by atoms with Crippen molar-refractivity contribution in [3.63, 3.8) is 0 Å². The first kappa shape index (κ1) is 16.5. The van der Waals surface area contributed by atoms with E-state index >= 15 is 0 Å². The van der Waals surface area contributed by atoms with Gasteiger partial charge in [-0.2, -0.15) is 0 Å². The van der Waals surface area contributed by atoms with Crippen LogP contribution in [0.4, 0.5) is 0 Å². The molecular weight excluding hydrogens is 278 g/mol. The zero-order chi connectivity index (χ0) is 16.1. The first-order valence-electron chi connectivity index (χ1n) is 7.81. The fraction of sp³-hybridized carbons (Fsp3) is 0.529. The van der Waals surface area contributed by atoms with Crippen LogP contribution in [0.3, 0.4) is 0 Å². The van der Waals surface area contributed by atoms with E-state index in [9.17, 15) is 9.59 Å². The van der Waals surface area contributed by atoms with Crippen LogP contribution < -0.4 is 10.6 Å². The molecule has 1 saturated heterocycles. The highest BCUT2D eigenvalue weighted by atomic mass is 16.2. The van der Waals surface area contributed by atoms with Crippen molar-refractivity contribution in [2.75, 3.05) is 19.6 Å². The lowest BCUT2D eigenvalue weighted by Crippen LogP contribution is -2.52. The summed E-state index contributed by atoms with van der Waals surface area (Å²) in [5.41, 5.74) is 2.13. The average Bonchev–Trinajstić information content (AvgIpc) is 2.47. The molecule has 1 heterocycles. The van der Waals surface area contributed by atoms with Crippen molar-refractivity contribution < 1.29 is 9.59 Å². The predicted octanol–water partition coefficient (Wildman–Crippen LogP) is 1.38. The second-order valence-electron chi connectivity index (χ2n) is 6.01. The Hall–Kier alpha value is -1.88. The van der Waals surface area contributed by atoms with Gasteiger partial charge >= 0.3 is 0 Å². The molecule has 1 aromatic carbocycles. The minimum Gasteiger partial charge on any atom is -0.349 e. The van der Waals surface area contributed by atoms with Gasteiger partial charge in [-0.25, -0.2) is 0 Å². The summed E-state index contributed by atoms with van der Waals surface area (Å²) < 4.78 is 0. The summed E-state index contributed by atoms with van der Waals surface area (Å²) in [5, 5.41) is 6.18. The normalized spacial score (nSPS) is 19.6. The Morgan fingerprint density at radius 3 is 2.64 bits per heavy atom. The predicted molar refractivity (Wildman–Crippen MR) is 86.4 cm³/mol. The van der Waals surface area contributed by atoms with E-state index in [1.807, 2.05) is 43.0 Å². The second kappa shape index (κ2) is 7.40. The number of hydrogen-bond donors (Lipinski definition) is 2. The van der Waals surface area contributed by atoms with Crippen molar-refractivity contribution in [3.8, 4) is 0 Å². The van der Waals surface area contributed by atoms with Gasteiger partial charge in [0.2, 0.25) is 11.8 Å². The van der Waals surface area contributed by atoms with Gasteiger partial charge in [0.1, 0.15) is 0 Å². The monoisotopic (exact) mass is 303 g/mol. The van der Waals surface area contributed by atoms with E-state index in [4.69, 9.17) is 0 Å². The molecule has 0 aromatic heterocycles. The maximum atomic E-state index is 12.6. The van der Waals surface area contributed by atoms with Crippen molar-refractivity contribution in [2.45, 2.75) is 39.3 Å². The summed E-state index contributed by atoms with van der Waals surface area (Å²) >= 11 is 0. The molecule has 2 rings (SSSR count). The Kier molecular flexibility index (Phi) is 5.55. The lowest BCUT2D eigenvalue weighted by atomic mass is 10.0. The standard InChI is InChI=1S/C17H25N3O2/c1-12-4-6-15(7-5-12)16(19-14(3)21)10-17(22)20-9-8-18-11-13(20)2/h4-7,13,16,18H,8-11H2,1-3H3,(H,19,21)/t13-,16?/m0/s1. The van der Waals surface area contributed by atoms with Gasteiger partial charge in [0.25, 0.3) is 0 Å². The van der Waals surface area contributed by atoms with Gasteiger partial charge in [0.05, 0.1) is 12.5 Å². The maximum Gasteiger partial charge on any atom is 0.225 e. The molecule has 1 fully saturated rings. The molecule has 1 aliphatic rings. The molecule has 0 saturated carbocycles. The molecule has 2 amide bonds. The van der Waals surface area contributed by atoms with Gasteiger partial charge in [-0.05, 0) is 19.4 Å². The number of nitrogens with zero attached hydrogens (tertiary/aromatic N) is 1. The Bertz CT molecular complexity index is 527. The van der Waals surface area contributed by atoms with Gasteiger partial charge in [-0.15, -0.1) is 0 Å². The average molecular weight is 303 g/mol. The highest BCUT2D eigenvalue weighted by Crippen LogP contribution is 2.20. The summed E-state index contributed by atoms with van der Waals surface area (Å²) in [6.07, 6.45) is 0.299. The molecule has 22 heavy (non-hydrogen) atoms. The third-order valence-corrected chi connectivity index (χ3v) is 4.06. The van der Waals surface area contributed by atoms with Crippen LogP contribution in [-0.2, 0) is 9.59 Å². The van der Waals surface area contributed by atoms with Gasteiger partial charge in [0.15, 0.2) is 0 Å². The number of nitrogens with one attached hydrogen (secondary N) is 2. The SMILES string of the molecule is CC(=O)NC(CC(=O)N1CCNC[C@@H]1C)c1ccc(C)cc1. The minimum atomic E-state index is -0.271. The number of amides is 2. The fourth-order valence-corrected chi connectivity index (χ4v) is 2.80. The molecule has 1 aliphatic heterocycles. The van der Waals surface area contributed by atoms with E-state index in [1.165, 1.54) is 6.92 Å². The molecule has 2 atom stereocenters. The Morgan fingerprint density at radius 2 is 2.05 bits per heavy atom. The van der Waals surface area contributed by atoms with E-state index in [1.54, 1.807) is 0 Å². The first-order chi connectivity index (χ1) is 10.5.